The summed E-state index contributed by atoms with van der Waals surface area (Å²) in [7, 11) is 0. The van der Waals surface area contributed by atoms with Gasteiger partial charge >= 0.3 is 5.97 Å². The van der Waals surface area contributed by atoms with Crippen LogP contribution < -0.4 is 5.32 Å². The van der Waals surface area contributed by atoms with Gasteiger partial charge in [-0.05, 0) is 20.4 Å². The summed E-state index contributed by atoms with van der Waals surface area (Å²) < 4.78 is 4.61. The number of carbonyl (C=O) groups is 1. The van der Waals surface area contributed by atoms with Gasteiger partial charge in [0.2, 0.25) is 0 Å². The van der Waals surface area contributed by atoms with E-state index < -0.39 is 0 Å². The molecule has 0 bridgehead atoms. The molecule has 0 saturated heterocycles. The predicted octanol–water partition coefficient (Wildman–Crippen LogP) is -0.0268. The molecule has 0 saturated carbocycles. The van der Waals surface area contributed by atoms with Crippen molar-refractivity contribution in [3.8, 4) is 0 Å². The van der Waals surface area contributed by atoms with E-state index in [2.05, 4.69) is 17.0 Å². The second-order valence-electron chi connectivity index (χ2n) is 1.48. The SMILES string of the molecule is [CH2]CNCC(=O)OCC. The summed E-state index contributed by atoms with van der Waals surface area (Å²) in [6, 6.07) is 0. The Kier molecular flexibility index (Phi) is 5.21. The van der Waals surface area contributed by atoms with E-state index in [0.29, 0.717) is 13.2 Å². The van der Waals surface area contributed by atoms with Crippen molar-refractivity contribution in [1.82, 2.24) is 5.32 Å². The van der Waals surface area contributed by atoms with Gasteiger partial charge < -0.3 is 10.1 Å². The maximum Gasteiger partial charge on any atom is 0.319 e. The van der Waals surface area contributed by atoms with E-state index in [-0.39, 0.29) is 12.5 Å². The van der Waals surface area contributed by atoms with Crippen LogP contribution in [0.25, 0.3) is 0 Å². The second-order valence-corrected chi connectivity index (χ2v) is 1.48. The highest BCUT2D eigenvalue weighted by Gasteiger charge is 1.96. The Labute approximate surface area is 55.4 Å². The molecular weight excluding hydrogens is 118 g/mol. The van der Waals surface area contributed by atoms with Crippen LogP contribution in [0.15, 0.2) is 0 Å². The molecule has 0 aliphatic rings. The molecule has 0 aliphatic heterocycles. The van der Waals surface area contributed by atoms with E-state index >= 15 is 0 Å². The molecule has 0 amide bonds. The fourth-order valence-electron chi connectivity index (χ4n) is 0.402. The fraction of sp³-hybridized carbons (Fsp3) is 0.667. The molecule has 0 atom stereocenters. The fourth-order valence-corrected chi connectivity index (χ4v) is 0.402. The molecule has 0 fully saturated rings. The minimum atomic E-state index is -0.221. The Hall–Kier alpha value is -0.570. The molecular formula is C6H12NO2. The van der Waals surface area contributed by atoms with Gasteiger partial charge in [-0.25, -0.2) is 0 Å². The van der Waals surface area contributed by atoms with Crippen LogP contribution in [0.2, 0.25) is 0 Å². The van der Waals surface area contributed by atoms with Gasteiger partial charge in [-0.15, -0.1) is 0 Å². The summed E-state index contributed by atoms with van der Waals surface area (Å²) in [5.41, 5.74) is 0. The van der Waals surface area contributed by atoms with E-state index in [4.69, 9.17) is 0 Å². The lowest BCUT2D eigenvalue weighted by Crippen LogP contribution is -2.24. The third-order valence-corrected chi connectivity index (χ3v) is 0.751. The number of ether oxygens (including phenoxy) is 1. The number of hydrogen-bond donors (Lipinski definition) is 1. The smallest absolute Gasteiger partial charge is 0.319 e. The monoisotopic (exact) mass is 130 g/mol. The number of rotatable bonds is 4. The molecule has 1 N–H and O–H groups in total. The third kappa shape index (κ3) is 5.30. The highest BCUT2D eigenvalue weighted by molar-refractivity contribution is 5.71. The lowest BCUT2D eigenvalue weighted by molar-refractivity contribution is -0.141. The molecule has 1 radical (unpaired) electrons. The lowest BCUT2D eigenvalue weighted by Gasteiger charge is -1.99. The van der Waals surface area contributed by atoms with E-state index in [9.17, 15) is 4.79 Å². The zero-order valence-electron chi connectivity index (χ0n) is 5.64. The van der Waals surface area contributed by atoms with Crippen molar-refractivity contribution >= 4 is 5.97 Å². The van der Waals surface area contributed by atoms with Crippen LogP contribution in [-0.2, 0) is 9.53 Å². The maximum absolute atomic E-state index is 10.5. The molecule has 0 rings (SSSR count). The Morgan fingerprint density at radius 1 is 1.78 bits per heavy atom. The summed E-state index contributed by atoms with van der Waals surface area (Å²) in [5.74, 6) is -0.221. The predicted molar refractivity (Wildman–Crippen MR) is 34.9 cm³/mol. The van der Waals surface area contributed by atoms with Gasteiger partial charge in [0.15, 0.2) is 0 Å². The number of nitrogens with one attached hydrogen (secondary N) is 1. The number of hydrogen-bond acceptors (Lipinski definition) is 3. The molecule has 53 valence electrons. The van der Waals surface area contributed by atoms with Crippen LogP contribution in [-0.4, -0.2) is 25.7 Å². The average Bonchev–Trinajstić information content (AvgIpc) is 1.85. The van der Waals surface area contributed by atoms with Crippen molar-refractivity contribution < 1.29 is 9.53 Å². The Bertz CT molecular complexity index is 83.1. The van der Waals surface area contributed by atoms with Gasteiger partial charge in [0.25, 0.3) is 0 Å². The summed E-state index contributed by atoms with van der Waals surface area (Å²) in [6.07, 6.45) is 0. The molecule has 3 nitrogen and oxygen atoms in total. The van der Waals surface area contributed by atoms with Crippen molar-refractivity contribution in [1.29, 1.82) is 0 Å². The minimum absolute atomic E-state index is 0.221. The van der Waals surface area contributed by atoms with Crippen molar-refractivity contribution in [2.24, 2.45) is 0 Å². The standard InChI is InChI=1S/C6H12NO2/c1-3-7-5-6(8)9-4-2/h7H,1,3-5H2,2H3. The zero-order chi connectivity index (χ0) is 7.11. The van der Waals surface area contributed by atoms with E-state index in [0.717, 1.165) is 0 Å². The molecule has 0 spiro atoms. The first kappa shape index (κ1) is 8.43. The molecule has 0 heterocycles. The molecule has 3 heteroatoms. The highest BCUT2D eigenvalue weighted by Crippen LogP contribution is 1.73. The van der Waals surface area contributed by atoms with Crippen LogP contribution in [0.4, 0.5) is 0 Å². The average molecular weight is 130 g/mol. The summed E-state index contributed by atoms with van der Waals surface area (Å²) >= 11 is 0. The molecule has 0 aromatic rings. The van der Waals surface area contributed by atoms with E-state index in [1.807, 2.05) is 0 Å². The summed E-state index contributed by atoms with van der Waals surface area (Å²) in [6.45, 7) is 6.54. The van der Waals surface area contributed by atoms with Crippen LogP contribution in [0, 0.1) is 6.92 Å². The van der Waals surface area contributed by atoms with Crippen molar-refractivity contribution in [3.05, 3.63) is 6.92 Å². The molecule has 0 unspecified atom stereocenters. The lowest BCUT2D eigenvalue weighted by atomic mass is 10.6. The van der Waals surface area contributed by atoms with Crippen molar-refractivity contribution in [3.63, 3.8) is 0 Å². The van der Waals surface area contributed by atoms with Gasteiger partial charge in [-0.2, -0.15) is 0 Å². The first-order valence-corrected chi connectivity index (χ1v) is 2.96. The molecule has 9 heavy (non-hydrogen) atoms. The van der Waals surface area contributed by atoms with Gasteiger partial charge in [-0.3, -0.25) is 4.79 Å². The van der Waals surface area contributed by atoms with Gasteiger partial charge in [-0.1, -0.05) is 0 Å². The van der Waals surface area contributed by atoms with E-state index in [1.54, 1.807) is 6.92 Å². The van der Waals surface area contributed by atoms with Gasteiger partial charge in [0, 0.05) is 0 Å². The first-order chi connectivity index (χ1) is 4.31. The highest BCUT2D eigenvalue weighted by atomic mass is 16.5. The van der Waals surface area contributed by atoms with Crippen molar-refractivity contribution in [2.45, 2.75) is 6.92 Å². The zero-order valence-corrected chi connectivity index (χ0v) is 5.64. The molecule has 0 aromatic carbocycles. The number of carbonyl (C=O) groups excluding carboxylic acids is 1. The summed E-state index contributed by atoms with van der Waals surface area (Å²) in [5, 5.41) is 2.75. The largest absolute Gasteiger partial charge is 0.465 e. The van der Waals surface area contributed by atoms with E-state index in [1.165, 1.54) is 0 Å². The number of esters is 1. The molecule has 0 aromatic heterocycles. The van der Waals surface area contributed by atoms with Crippen molar-refractivity contribution in [2.75, 3.05) is 19.7 Å². The molecule has 0 aliphatic carbocycles. The van der Waals surface area contributed by atoms with Gasteiger partial charge in [0.05, 0.1) is 13.2 Å². The van der Waals surface area contributed by atoms with Crippen LogP contribution in [0.1, 0.15) is 6.92 Å². The maximum atomic E-state index is 10.5. The second kappa shape index (κ2) is 5.56. The Balaban J connectivity index is 3.06. The normalized spacial score (nSPS) is 9.11. The third-order valence-electron chi connectivity index (χ3n) is 0.751. The first-order valence-electron chi connectivity index (χ1n) is 2.96. The summed E-state index contributed by atoms with van der Waals surface area (Å²) in [4.78, 5) is 10.5. The quantitative estimate of drug-likeness (QED) is 0.543. The minimum Gasteiger partial charge on any atom is -0.465 e. The van der Waals surface area contributed by atoms with Crippen LogP contribution in [0.5, 0.6) is 0 Å². The Morgan fingerprint density at radius 2 is 2.44 bits per heavy atom. The van der Waals surface area contributed by atoms with Crippen LogP contribution in [0.3, 0.4) is 0 Å². The van der Waals surface area contributed by atoms with Crippen LogP contribution >= 0.6 is 0 Å². The Morgan fingerprint density at radius 3 is 2.89 bits per heavy atom. The topological polar surface area (TPSA) is 38.3 Å². The van der Waals surface area contributed by atoms with Gasteiger partial charge in [0.1, 0.15) is 0 Å².